The molecule has 0 unspecified atom stereocenters. The second-order valence-corrected chi connectivity index (χ2v) is 7.78. The van der Waals surface area contributed by atoms with E-state index in [0.29, 0.717) is 18.3 Å². The summed E-state index contributed by atoms with van der Waals surface area (Å²) >= 11 is 0. The van der Waals surface area contributed by atoms with Gasteiger partial charge in [-0.2, -0.15) is 4.98 Å². The van der Waals surface area contributed by atoms with E-state index in [-0.39, 0.29) is 17.9 Å². The first kappa shape index (κ1) is 18.9. The van der Waals surface area contributed by atoms with Crippen LogP contribution in [0.5, 0.6) is 0 Å². The summed E-state index contributed by atoms with van der Waals surface area (Å²) in [5.41, 5.74) is 4.36. The van der Waals surface area contributed by atoms with E-state index in [1.54, 1.807) is 0 Å². The van der Waals surface area contributed by atoms with Crippen molar-refractivity contribution in [1.29, 1.82) is 0 Å². The van der Waals surface area contributed by atoms with Crippen molar-refractivity contribution in [2.24, 2.45) is 5.92 Å². The highest BCUT2D eigenvalue weighted by molar-refractivity contribution is 5.89. The molecule has 1 atom stereocenters. The Kier molecular flexibility index (Phi) is 5.16. The van der Waals surface area contributed by atoms with Gasteiger partial charge in [0.25, 0.3) is 5.95 Å². The van der Waals surface area contributed by atoms with E-state index >= 15 is 0 Å². The molecular weight excluding hydrogens is 362 g/mol. The van der Waals surface area contributed by atoms with Crippen molar-refractivity contribution in [3.05, 3.63) is 77.4 Å². The third-order valence-electron chi connectivity index (χ3n) is 4.81. The topological polar surface area (TPSA) is 71.8 Å². The highest BCUT2D eigenvalue weighted by Gasteiger charge is 2.25. The smallest absolute Gasteiger partial charge is 0.250 e. The summed E-state index contributed by atoms with van der Waals surface area (Å²) in [6.45, 7) is 6.09. The largest absolute Gasteiger partial charge is 0.324 e. The zero-order valence-corrected chi connectivity index (χ0v) is 16.9. The number of nitrogens with one attached hydrogen (secondary N) is 2. The summed E-state index contributed by atoms with van der Waals surface area (Å²) in [7, 11) is 0. The quantitative estimate of drug-likeness (QED) is 0.670. The van der Waals surface area contributed by atoms with Crippen molar-refractivity contribution >= 4 is 23.5 Å². The molecule has 0 radical (unpaired) electrons. The van der Waals surface area contributed by atoms with Crippen molar-refractivity contribution < 1.29 is 4.79 Å². The number of aryl methyl sites for hydroxylation is 1. The highest BCUT2D eigenvalue weighted by atomic mass is 16.1. The Morgan fingerprint density at radius 1 is 1.14 bits per heavy atom. The van der Waals surface area contributed by atoms with Gasteiger partial charge in [0.05, 0.1) is 0 Å². The van der Waals surface area contributed by atoms with Crippen LogP contribution in [0.15, 0.2) is 60.7 Å². The number of carbonyl (C=O) groups excluding carboxylic acids is 1. The first-order valence-electron chi connectivity index (χ1n) is 9.87. The first-order chi connectivity index (χ1) is 14.0. The van der Waals surface area contributed by atoms with Gasteiger partial charge < -0.3 is 5.32 Å². The van der Waals surface area contributed by atoms with Gasteiger partial charge >= 0.3 is 0 Å². The zero-order valence-electron chi connectivity index (χ0n) is 16.9. The number of hydrogen-bond acceptors (Lipinski definition) is 4. The number of hydrogen-bond donors (Lipinski definition) is 2. The minimum Gasteiger partial charge on any atom is -0.324 e. The SMILES string of the molecule is Cc1ccc(C2=C[C@H](c3ccccc3)n3nc(NC(=O)CC(C)C)nc3N2)cc1. The molecule has 1 aliphatic heterocycles. The molecule has 2 N–H and O–H groups in total. The molecule has 3 aromatic rings. The molecular formula is C23H25N5O. The summed E-state index contributed by atoms with van der Waals surface area (Å²) in [5.74, 6) is 1.12. The summed E-state index contributed by atoms with van der Waals surface area (Å²) < 4.78 is 1.82. The molecule has 6 nitrogen and oxygen atoms in total. The second kappa shape index (κ2) is 7.91. The van der Waals surface area contributed by atoms with Crippen molar-refractivity contribution in [1.82, 2.24) is 14.8 Å². The maximum Gasteiger partial charge on any atom is 0.250 e. The monoisotopic (exact) mass is 387 g/mol. The number of fused-ring (bicyclic) bond motifs is 1. The van der Waals surface area contributed by atoms with Crippen molar-refractivity contribution in [2.75, 3.05) is 10.6 Å². The fourth-order valence-electron chi connectivity index (χ4n) is 3.38. The minimum atomic E-state index is -0.119. The van der Waals surface area contributed by atoms with Crippen LogP contribution in [0.2, 0.25) is 0 Å². The zero-order chi connectivity index (χ0) is 20.4. The van der Waals surface area contributed by atoms with Crippen molar-refractivity contribution in [3.63, 3.8) is 0 Å². The van der Waals surface area contributed by atoms with Crippen LogP contribution in [-0.2, 0) is 4.79 Å². The van der Waals surface area contributed by atoms with Crippen LogP contribution in [0.4, 0.5) is 11.9 Å². The van der Waals surface area contributed by atoms with Crippen LogP contribution in [0.3, 0.4) is 0 Å². The lowest BCUT2D eigenvalue weighted by Crippen LogP contribution is -2.20. The number of rotatable bonds is 5. The third-order valence-corrected chi connectivity index (χ3v) is 4.81. The molecule has 2 aromatic carbocycles. The van der Waals surface area contributed by atoms with Gasteiger partial charge in [-0.05, 0) is 30.0 Å². The Morgan fingerprint density at radius 3 is 2.55 bits per heavy atom. The molecule has 0 saturated heterocycles. The van der Waals surface area contributed by atoms with Crippen LogP contribution in [-0.4, -0.2) is 20.7 Å². The van der Waals surface area contributed by atoms with Gasteiger partial charge in [-0.3, -0.25) is 10.1 Å². The van der Waals surface area contributed by atoms with Crippen LogP contribution >= 0.6 is 0 Å². The molecule has 1 aromatic heterocycles. The molecule has 6 heteroatoms. The van der Waals surface area contributed by atoms with Gasteiger partial charge in [0.2, 0.25) is 11.9 Å². The molecule has 29 heavy (non-hydrogen) atoms. The summed E-state index contributed by atoms with van der Waals surface area (Å²) in [6, 6.07) is 18.4. The van der Waals surface area contributed by atoms with Gasteiger partial charge in [-0.25, -0.2) is 4.68 Å². The van der Waals surface area contributed by atoms with E-state index in [1.807, 2.05) is 36.7 Å². The second-order valence-electron chi connectivity index (χ2n) is 7.78. The first-order valence-corrected chi connectivity index (χ1v) is 9.87. The lowest BCUT2D eigenvalue weighted by molar-refractivity contribution is -0.116. The normalized spacial score (nSPS) is 15.4. The predicted octanol–water partition coefficient (Wildman–Crippen LogP) is 4.63. The lowest BCUT2D eigenvalue weighted by atomic mass is 10.0. The maximum absolute atomic E-state index is 12.2. The Balaban J connectivity index is 1.70. The number of benzene rings is 2. The maximum atomic E-state index is 12.2. The molecule has 0 fully saturated rings. The van der Waals surface area contributed by atoms with Crippen molar-refractivity contribution in [3.8, 4) is 0 Å². The van der Waals surface area contributed by atoms with Gasteiger partial charge in [0, 0.05) is 12.1 Å². The van der Waals surface area contributed by atoms with Crippen LogP contribution in [0.1, 0.15) is 43.0 Å². The molecule has 148 valence electrons. The number of amides is 1. The summed E-state index contributed by atoms with van der Waals surface area (Å²) in [4.78, 5) is 16.7. The molecule has 0 aliphatic carbocycles. The predicted molar refractivity (Wildman–Crippen MR) is 115 cm³/mol. The van der Waals surface area contributed by atoms with E-state index in [1.165, 1.54) is 5.56 Å². The van der Waals surface area contributed by atoms with Gasteiger partial charge in [0.1, 0.15) is 6.04 Å². The van der Waals surface area contributed by atoms with Crippen LogP contribution < -0.4 is 10.6 Å². The highest BCUT2D eigenvalue weighted by Crippen LogP contribution is 2.33. The van der Waals surface area contributed by atoms with E-state index in [9.17, 15) is 4.79 Å². The molecule has 0 spiro atoms. The fraction of sp³-hybridized carbons (Fsp3) is 0.261. The van der Waals surface area contributed by atoms with Crippen molar-refractivity contribution in [2.45, 2.75) is 33.2 Å². The van der Waals surface area contributed by atoms with E-state index in [2.05, 4.69) is 70.1 Å². The van der Waals surface area contributed by atoms with E-state index < -0.39 is 0 Å². The average Bonchev–Trinajstić information content (AvgIpc) is 3.10. The standard InChI is InChI=1S/C23H25N5O/c1-15(2)13-21(29)25-22-26-23-24-19(17-11-9-16(3)10-12-17)14-20(28(23)27-22)18-7-5-4-6-8-18/h4-12,14-15,20H,13H2,1-3H3,(H2,24,25,26,27,29)/t20-/m1/s1. The number of allylic oxidation sites excluding steroid dienone is 1. The Hall–Kier alpha value is -3.41. The van der Waals surface area contributed by atoms with E-state index in [0.717, 1.165) is 16.8 Å². The number of aromatic nitrogens is 3. The van der Waals surface area contributed by atoms with Gasteiger partial charge in [0.15, 0.2) is 0 Å². The molecule has 0 saturated carbocycles. The molecule has 1 aliphatic rings. The average molecular weight is 387 g/mol. The van der Waals surface area contributed by atoms with Gasteiger partial charge in [-0.15, -0.1) is 5.10 Å². The molecule has 4 rings (SSSR count). The summed E-state index contributed by atoms with van der Waals surface area (Å²) in [5, 5.41) is 10.8. The summed E-state index contributed by atoms with van der Waals surface area (Å²) in [6.07, 6.45) is 2.58. The fourth-order valence-corrected chi connectivity index (χ4v) is 3.38. The number of anilines is 2. The third kappa shape index (κ3) is 4.21. The van der Waals surface area contributed by atoms with Crippen LogP contribution in [0, 0.1) is 12.8 Å². The number of nitrogens with zero attached hydrogens (tertiary/aromatic N) is 3. The van der Waals surface area contributed by atoms with Gasteiger partial charge in [-0.1, -0.05) is 74.0 Å². The molecule has 0 bridgehead atoms. The molecule has 1 amide bonds. The van der Waals surface area contributed by atoms with E-state index in [4.69, 9.17) is 0 Å². The lowest BCUT2D eigenvalue weighted by Gasteiger charge is -2.24. The minimum absolute atomic E-state index is 0.0778. The number of carbonyl (C=O) groups is 1. The van der Waals surface area contributed by atoms with Crippen LogP contribution in [0.25, 0.3) is 5.70 Å². The molecule has 2 heterocycles. The Bertz CT molecular complexity index is 1030. The Morgan fingerprint density at radius 2 is 1.86 bits per heavy atom. The Labute approximate surface area is 170 Å².